The van der Waals surface area contributed by atoms with Crippen molar-refractivity contribution in [1.82, 2.24) is 10.2 Å². The average Bonchev–Trinajstić information content (AvgIpc) is 3.29. The minimum absolute atomic E-state index is 0.125. The van der Waals surface area contributed by atoms with Gasteiger partial charge in [0.25, 0.3) is 11.8 Å². The Hall–Kier alpha value is -4.05. The third-order valence-electron chi connectivity index (χ3n) is 6.66. The zero-order chi connectivity index (χ0) is 32.1. The van der Waals surface area contributed by atoms with Crippen molar-refractivity contribution in [3.8, 4) is 11.5 Å². The number of hydrogen-bond acceptors (Lipinski definition) is 12. The molecule has 3 unspecified atom stereocenters. The second kappa shape index (κ2) is 17.3. The van der Waals surface area contributed by atoms with Gasteiger partial charge in [0.05, 0.1) is 19.3 Å². The second-order valence-corrected chi connectivity index (χ2v) is 10.1. The predicted octanol–water partition coefficient (Wildman–Crippen LogP) is 0.0469. The van der Waals surface area contributed by atoms with E-state index in [1.165, 1.54) is 30.0 Å². The molecule has 2 aliphatic rings. The van der Waals surface area contributed by atoms with E-state index in [1.54, 1.807) is 12.1 Å². The molecule has 0 aromatic heterocycles. The highest BCUT2D eigenvalue weighted by atomic mass is 16.7. The monoisotopic (exact) mass is 622 g/mol. The zero-order valence-electron chi connectivity index (χ0n) is 24.3. The lowest BCUT2D eigenvalue weighted by atomic mass is 10.0. The van der Waals surface area contributed by atoms with Gasteiger partial charge in [-0.15, -0.1) is 0 Å². The van der Waals surface area contributed by atoms with Crippen LogP contribution in [0.5, 0.6) is 11.5 Å². The second-order valence-electron chi connectivity index (χ2n) is 10.1. The Morgan fingerprint density at radius 3 is 2.50 bits per heavy atom. The largest absolute Gasteiger partial charge is 0.491 e. The van der Waals surface area contributed by atoms with Gasteiger partial charge in [-0.25, -0.2) is 4.79 Å². The number of ether oxygens (including phenoxy) is 5. The van der Waals surface area contributed by atoms with Gasteiger partial charge in [-0.3, -0.25) is 24.1 Å². The van der Waals surface area contributed by atoms with Crippen molar-refractivity contribution in [2.75, 3.05) is 32.9 Å². The molecule has 1 aromatic carbocycles. The van der Waals surface area contributed by atoms with Crippen LogP contribution in [-0.4, -0.2) is 107 Å². The Balaban J connectivity index is 1.35. The maximum atomic E-state index is 12.0. The van der Waals surface area contributed by atoms with Gasteiger partial charge in [0.2, 0.25) is 12.2 Å². The van der Waals surface area contributed by atoms with Crippen molar-refractivity contribution in [2.45, 2.75) is 70.2 Å². The fraction of sp³-hybridized carbons (Fsp3) is 0.552. The summed E-state index contributed by atoms with van der Waals surface area (Å²) in [7, 11) is 0. The van der Waals surface area contributed by atoms with Crippen LogP contribution in [0.4, 0.5) is 0 Å². The molecule has 0 spiro atoms. The van der Waals surface area contributed by atoms with E-state index in [1.807, 2.05) is 0 Å². The SMILES string of the molecule is CC(=O)OCc1ccc(OCCOCCNC(=O)CCCCCN2C(=O)C=CC2=O)cc1OC1CC(O)[C@H](O)C(C(=O)O)O1. The lowest BCUT2D eigenvalue weighted by Crippen LogP contribution is -2.53. The summed E-state index contributed by atoms with van der Waals surface area (Å²) in [4.78, 5) is 58.9. The lowest BCUT2D eigenvalue weighted by Gasteiger charge is -2.35. The minimum Gasteiger partial charge on any atom is -0.491 e. The number of carbonyl (C=O) groups excluding carboxylic acids is 4. The molecule has 242 valence electrons. The van der Waals surface area contributed by atoms with Crippen LogP contribution in [0.15, 0.2) is 30.4 Å². The zero-order valence-corrected chi connectivity index (χ0v) is 24.3. The standard InChI is InChI=1S/C29H38N2O13/c1-18(32)42-17-19-6-7-20(15-22(19)43-26-16-21(33)27(37)28(44-26)29(38)39)41-14-13-40-12-10-30-23(34)5-3-2-4-11-31-24(35)8-9-25(31)36/h6-9,15,21,26-28,33,37H,2-5,10-14,16-17H2,1H3,(H,30,34)(H,38,39)/t21?,26?,27-,28?/m0/s1. The van der Waals surface area contributed by atoms with Crippen LogP contribution >= 0.6 is 0 Å². The highest BCUT2D eigenvalue weighted by Gasteiger charge is 2.42. The number of unbranched alkanes of at least 4 members (excludes halogenated alkanes) is 2. The van der Waals surface area contributed by atoms with Gasteiger partial charge in [-0.1, -0.05) is 6.42 Å². The Bertz CT molecular complexity index is 1190. The molecule has 0 saturated carbocycles. The van der Waals surface area contributed by atoms with Crippen molar-refractivity contribution in [3.05, 3.63) is 35.9 Å². The summed E-state index contributed by atoms with van der Waals surface area (Å²) in [6, 6.07) is 4.70. The number of esters is 1. The molecular weight excluding hydrogens is 584 g/mol. The number of nitrogens with zero attached hydrogens (tertiary/aromatic N) is 1. The van der Waals surface area contributed by atoms with E-state index in [0.717, 1.165) is 0 Å². The molecule has 15 heteroatoms. The first-order valence-corrected chi connectivity index (χ1v) is 14.2. The van der Waals surface area contributed by atoms with Crippen molar-refractivity contribution >= 4 is 29.7 Å². The molecule has 1 aromatic rings. The number of carboxylic acid groups (broad SMARTS) is 1. The van der Waals surface area contributed by atoms with Crippen LogP contribution in [0.3, 0.4) is 0 Å². The maximum absolute atomic E-state index is 12.0. The van der Waals surface area contributed by atoms with Gasteiger partial charge in [0.1, 0.15) is 30.8 Å². The molecule has 2 heterocycles. The molecule has 44 heavy (non-hydrogen) atoms. The van der Waals surface area contributed by atoms with Gasteiger partial charge >= 0.3 is 11.9 Å². The third-order valence-corrected chi connectivity index (χ3v) is 6.66. The number of aliphatic hydroxyl groups excluding tert-OH is 2. The van der Waals surface area contributed by atoms with Crippen molar-refractivity contribution in [2.24, 2.45) is 0 Å². The molecule has 1 saturated heterocycles. The van der Waals surface area contributed by atoms with E-state index < -0.39 is 36.5 Å². The quantitative estimate of drug-likeness (QED) is 0.0971. The van der Waals surface area contributed by atoms with Crippen LogP contribution in [0.2, 0.25) is 0 Å². The maximum Gasteiger partial charge on any atom is 0.335 e. The topological polar surface area (TPSA) is 207 Å². The van der Waals surface area contributed by atoms with E-state index in [4.69, 9.17) is 23.7 Å². The highest BCUT2D eigenvalue weighted by Crippen LogP contribution is 2.30. The number of amides is 3. The lowest BCUT2D eigenvalue weighted by molar-refractivity contribution is -0.228. The fourth-order valence-corrected chi connectivity index (χ4v) is 4.35. The Morgan fingerprint density at radius 2 is 1.80 bits per heavy atom. The van der Waals surface area contributed by atoms with E-state index in [0.29, 0.717) is 50.1 Å². The summed E-state index contributed by atoms with van der Waals surface area (Å²) in [6.07, 6.45) is -1.32. The number of benzene rings is 1. The number of carboxylic acids is 1. The molecule has 0 radical (unpaired) electrons. The summed E-state index contributed by atoms with van der Waals surface area (Å²) >= 11 is 0. The number of carbonyl (C=O) groups is 5. The molecule has 4 N–H and O–H groups in total. The van der Waals surface area contributed by atoms with Crippen LogP contribution in [0.25, 0.3) is 0 Å². The van der Waals surface area contributed by atoms with Crippen molar-refractivity contribution in [1.29, 1.82) is 0 Å². The molecule has 3 amide bonds. The number of nitrogens with one attached hydrogen (secondary N) is 1. The molecular formula is C29H38N2O13. The van der Waals surface area contributed by atoms with E-state index in [9.17, 15) is 39.3 Å². The third kappa shape index (κ3) is 10.9. The summed E-state index contributed by atoms with van der Waals surface area (Å²) in [5, 5.41) is 32.0. The fourth-order valence-electron chi connectivity index (χ4n) is 4.35. The summed E-state index contributed by atoms with van der Waals surface area (Å²) in [5.74, 6) is -2.19. The van der Waals surface area contributed by atoms with Crippen LogP contribution < -0.4 is 14.8 Å². The first kappa shape index (κ1) is 34.4. The highest BCUT2D eigenvalue weighted by molar-refractivity contribution is 6.12. The number of imide groups is 1. The first-order chi connectivity index (χ1) is 21.0. The summed E-state index contributed by atoms with van der Waals surface area (Å²) in [6.45, 7) is 2.37. The summed E-state index contributed by atoms with van der Waals surface area (Å²) in [5.41, 5.74) is 0.435. The van der Waals surface area contributed by atoms with E-state index >= 15 is 0 Å². The Kier molecular flexibility index (Phi) is 13.5. The molecule has 1 fully saturated rings. The minimum atomic E-state index is -1.69. The number of aliphatic carboxylic acids is 1. The predicted molar refractivity (Wildman–Crippen MR) is 149 cm³/mol. The van der Waals surface area contributed by atoms with E-state index in [-0.39, 0.29) is 56.3 Å². The van der Waals surface area contributed by atoms with E-state index in [2.05, 4.69) is 5.32 Å². The van der Waals surface area contributed by atoms with Gasteiger partial charge in [-0.2, -0.15) is 0 Å². The Morgan fingerprint density at radius 1 is 1.05 bits per heavy atom. The van der Waals surface area contributed by atoms with Crippen LogP contribution in [-0.2, 0) is 44.8 Å². The number of hydrogen-bond donors (Lipinski definition) is 4. The molecule has 4 atom stereocenters. The molecule has 0 bridgehead atoms. The molecule has 3 rings (SSSR count). The first-order valence-electron chi connectivity index (χ1n) is 14.2. The van der Waals surface area contributed by atoms with Crippen LogP contribution in [0.1, 0.15) is 44.6 Å². The summed E-state index contributed by atoms with van der Waals surface area (Å²) < 4.78 is 27.3. The van der Waals surface area contributed by atoms with Crippen molar-refractivity contribution < 1.29 is 63.0 Å². The normalized spacial score (nSPS) is 21.3. The average molecular weight is 623 g/mol. The van der Waals surface area contributed by atoms with Gasteiger partial charge in [0, 0.05) is 56.6 Å². The van der Waals surface area contributed by atoms with Crippen molar-refractivity contribution in [3.63, 3.8) is 0 Å². The Labute approximate surface area is 253 Å². The molecule has 2 aliphatic heterocycles. The van der Waals surface area contributed by atoms with Gasteiger partial charge in [-0.05, 0) is 25.0 Å². The molecule has 0 aliphatic carbocycles. The number of aliphatic hydroxyl groups is 2. The van der Waals surface area contributed by atoms with Gasteiger partial charge in [0.15, 0.2) is 6.10 Å². The number of rotatable bonds is 18. The molecule has 15 nitrogen and oxygen atoms in total. The smallest absolute Gasteiger partial charge is 0.335 e. The van der Waals surface area contributed by atoms with Crippen LogP contribution in [0, 0.1) is 0 Å². The van der Waals surface area contributed by atoms with Gasteiger partial charge < -0.3 is 44.3 Å².